The maximum Gasteiger partial charge on any atom is 0.123 e. The van der Waals surface area contributed by atoms with Crippen molar-refractivity contribution >= 4 is 28.1 Å². The molecule has 0 amide bonds. The minimum absolute atomic E-state index is 0.307. The standard InChI is InChI=1S/C28H25F2N5/c1-3-31-17-18-4-13-27-25(14-18)34-26-15-23(32-21-9-5-19(29)6-10-21)24(16-28(26)35(27)2)33-22-11-7-20(30)8-12-22/h4-16,31-32H,3,17H2,1-2H3. The van der Waals surface area contributed by atoms with Gasteiger partial charge in [-0.2, -0.15) is 0 Å². The van der Waals surface area contributed by atoms with Gasteiger partial charge in [-0.15, -0.1) is 0 Å². The minimum Gasteiger partial charge on any atom is -0.354 e. The Morgan fingerprint density at radius 2 is 1.60 bits per heavy atom. The van der Waals surface area contributed by atoms with Gasteiger partial charge >= 0.3 is 0 Å². The Labute approximate surface area is 202 Å². The molecule has 5 nitrogen and oxygen atoms in total. The highest BCUT2D eigenvalue weighted by Gasteiger charge is 2.14. The number of nitrogens with zero attached hydrogens (tertiary/aromatic N) is 3. The van der Waals surface area contributed by atoms with Crippen molar-refractivity contribution in [2.75, 3.05) is 11.9 Å². The molecular weight excluding hydrogens is 444 g/mol. The lowest BCUT2D eigenvalue weighted by Gasteiger charge is -2.18. The Morgan fingerprint density at radius 1 is 0.886 bits per heavy atom. The molecule has 176 valence electrons. The molecule has 3 aromatic carbocycles. The van der Waals surface area contributed by atoms with E-state index in [0.717, 1.165) is 41.2 Å². The lowest BCUT2D eigenvalue weighted by atomic mass is 10.1. The number of benzene rings is 4. The van der Waals surface area contributed by atoms with Gasteiger partial charge in [-0.05, 0) is 84.9 Å². The summed E-state index contributed by atoms with van der Waals surface area (Å²) < 4.78 is 29.0. The van der Waals surface area contributed by atoms with Gasteiger partial charge in [-0.3, -0.25) is 0 Å². The normalized spacial score (nSPS) is 11.9. The van der Waals surface area contributed by atoms with Crippen LogP contribution in [0.15, 0.2) is 83.9 Å². The summed E-state index contributed by atoms with van der Waals surface area (Å²) in [5.41, 5.74) is 6.82. The van der Waals surface area contributed by atoms with E-state index >= 15 is 0 Å². The summed E-state index contributed by atoms with van der Waals surface area (Å²) in [6.45, 7) is 3.76. The van der Waals surface area contributed by atoms with Crippen LogP contribution in [0, 0.1) is 11.6 Å². The van der Waals surface area contributed by atoms with Crippen LogP contribution in [0.5, 0.6) is 0 Å². The molecule has 0 atom stereocenters. The number of aromatic nitrogens is 2. The molecule has 1 aliphatic carbocycles. The van der Waals surface area contributed by atoms with Gasteiger partial charge in [0.25, 0.3) is 0 Å². The van der Waals surface area contributed by atoms with Crippen LogP contribution in [0.4, 0.5) is 25.8 Å². The molecule has 0 fully saturated rings. The first-order valence-electron chi connectivity index (χ1n) is 11.5. The van der Waals surface area contributed by atoms with Crippen LogP contribution >= 0.6 is 0 Å². The second-order valence-corrected chi connectivity index (χ2v) is 8.35. The van der Waals surface area contributed by atoms with E-state index in [9.17, 15) is 8.78 Å². The van der Waals surface area contributed by atoms with E-state index in [4.69, 9.17) is 9.98 Å². The van der Waals surface area contributed by atoms with Gasteiger partial charge in [0.15, 0.2) is 0 Å². The van der Waals surface area contributed by atoms with Crippen molar-refractivity contribution in [1.82, 2.24) is 14.9 Å². The molecule has 2 aliphatic rings. The van der Waals surface area contributed by atoms with Crippen LogP contribution in [0.1, 0.15) is 12.5 Å². The molecule has 35 heavy (non-hydrogen) atoms. The van der Waals surface area contributed by atoms with E-state index < -0.39 is 0 Å². The minimum atomic E-state index is -0.317. The molecule has 0 saturated heterocycles. The molecule has 0 spiro atoms. The van der Waals surface area contributed by atoms with Crippen molar-refractivity contribution in [3.05, 3.63) is 101 Å². The van der Waals surface area contributed by atoms with Gasteiger partial charge in [0, 0.05) is 19.3 Å². The smallest absolute Gasteiger partial charge is 0.123 e. The third-order valence-corrected chi connectivity index (χ3v) is 5.87. The molecular formula is C28H25F2N5. The average molecular weight is 470 g/mol. The Bertz CT molecular complexity index is 1520. The SMILES string of the molecule is CCNCc1ccc2c(c1)nc1cc(Nc3ccc(F)cc3)c(=Nc3ccc(F)cc3)cc-1n2C. The zero-order chi connectivity index (χ0) is 24.4. The van der Waals surface area contributed by atoms with Crippen molar-refractivity contribution in [3.63, 3.8) is 0 Å². The zero-order valence-corrected chi connectivity index (χ0v) is 19.5. The molecule has 0 bridgehead atoms. The Kier molecular flexibility index (Phi) is 6.25. The predicted molar refractivity (Wildman–Crippen MR) is 136 cm³/mol. The van der Waals surface area contributed by atoms with Crippen LogP contribution in [0.3, 0.4) is 0 Å². The summed E-state index contributed by atoms with van der Waals surface area (Å²) in [5, 5.41) is 7.35. The van der Waals surface area contributed by atoms with Crippen LogP contribution < -0.4 is 16.0 Å². The van der Waals surface area contributed by atoms with Gasteiger partial charge in [0.05, 0.1) is 39.2 Å². The molecule has 0 unspecified atom stereocenters. The van der Waals surface area contributed by atoms with Crippen molar-refractivity contribution in [1.29, 1.82) is 0 Å². The van der Waals surface area contributed by atoms with Crippen LogP contribution in [0.25, 0.3) is 22.4 Å². The van der Waals surface area contributed by atoms with E-state index in [0.29, 0.717) is 16.7 Å². The van der Waals surface area contributed by atoms with E-state index in [1.54, 1.807) is 24.3 Å². The summed E-state index contributed by atoms with van der Waals surface area (Å²) in [6.07, 6.45) is 0. The van der Waals surface area contributed by atoms with Gasteiger partial charge in [0.2, 0.25) is 0 Å². The molecule has 0 aromatic heterocycles. The van der Waals surface area contributed by atoms with Crippen molar-refractivity contribution in [2.45, 2.75) is 13.5 Å². The van der Waals surface area contributed by atoms with Gasteiger partial charge in [-0.25, -0.2) is 18.8 Å². The summed E-state index contributed by atoms with van der Waals surface area (Å²) in [4.78, 5) is 9.71. The molecule has 5 rings (SSSR count). The molecule has 1 aliphatic heterocycles. The fraction of sp³-hybridized carbons (Fsp3) is 0.143. The summed E-state index contributed by atoms with van der Waals surface area (Å²) in [6, 6.07) is 22.3. The average Bonchev–Trinajstić information content (AvgIpc) is 2.86. The lowest BCUT2D eigenvalue weighted by molar-refractivity contribution is 0.627. The molecule has 0 radical (unpaired) electrons. The first-order chi connectivity index (χ1) is 17.0. The maximum absolute atomic E-state index is 13.4. The summed E-state index contributed by atoms with van der Waals surface area (Å²) >= 11 is 0. The quantitative estimate of drug-likeness (QED) is 0.298. The van der Waals surface area contributed by atoms with E-state index in [1.165, 1.54) is 29.8 Å². The summed E-state index contributed by atoms with van der Waals surface area (Å²) in [7, 11) is 2.01. The van der Waals surface area contributed by atoms with Gasteiger partial charge < -0.3 is 15.2 Å². The Hall–Kier alpha value is -4.10. The molecule has 2 N–H and O–H groups in total. The predicted octanol–water partition coefficient (Wildman–Crippen LogP) is 6.04. The fourth-order valence-corrected chi connectivity index (χ4v) is 4.04. The second-order valence-electron chi connectivity index (χ2n) is 8.35. The first kappa shape index (κ1) is 22.7. The molecule has 0 saturated carbocycles. The second kappa shape index (κ2) is 9.64. The number of hydrogen-bond acceptors (Lipinski definition) is 4. The lowest BCUT2D eigenvalue weighted by Crippen LogP contribution is -2.14. The fourth-order valence-electron chi connectivity index (χ4n) is 4.04. The van der Waals surface area contributed by atoms with Crippen molar-refractivity contribution < 1.29 is 8.78 Å². The van der Waals surface area contributed by atoms with Gasteiger partial charge in [0.1, 0.15) is 11.6 Å². The van der Waals surface area contributed by atoms with Crippen LogP contribution in [-0.4, -0.2) is 16.1 Å². The largest absolute Gasteiger partial charge is 0.354 e. The molecule has 1 heterocycles. The maximum atomic E-state index is 13.4. The number of fused-ring (bicyclic) bond motifs is 2. The van der Waals surface area contributed by atoms with Crippen LogP contribution in [0.2, 0.25) is 0 Å². The Morgan fingerprint density at radius 3 is 2.31 bits per heavy atom. The number of halogens is 2. The monoisotopic (exact) mass is 469 g/mol. The van der Waals surface area contributed by atoms with E-state index in [1.807, 2.05) is 19.2 Å². The Balaban J connectivity index is 1.70. The number of nitrogens with one attached hydrogen (secondary N) is 2. The van der Waals surface area contributed by atoms with Crippen molar-refractivity contribution in [2.24, 2.45) is 12.0 Å². The topological polar surface area (TPSA) is 54.2 Å². The third kappa shape index (κ3) is 4.90. The number of aryl methyl sites for hydroxylation is 1. The summed E-state index contributed by atoms with van der Waals surface area (Å²) in [5.74, 6) is -0.624. The molecule has 3 aromatic rings. The first-order valence-corrected chi connectivity index (χ1v) is 11.5. The van der Waals surface area contributed by atoms with Gasteiger partial charge in [-0.1, -0.05) is 13.0 Å². The number of rotatable bonds is 6. The number of anilines is 2. The van der Waals surface area contributed by atoms with E-state index in [-0.39, 0.29) is 11.6 Å². The third-order valence-electron chi connectivity index (χ3n) is 5.87. The highest BCUT2D eigenvalue weighted by atomic mass is 19.1. The van der Waals surface area contributed by atoms with Crippen molar-refractivity contribution in [3.8, 4) is 11.4 Å². The molecule has 7 heteroatoms. The van der Waals surface area contributed by atoms with Crippen LogP contribution in [-0.2, 0) is 13.6 Å². The van der Waals surface area contributed by atoms with E-state index in [2.05, 4.69) is 40.3 Å². The zero-order valence-electron chi connectivity index (χ0n) is 19.5. The number of hydrogen-bond donors (Lipinski definition) is 2. The highest BCUT2D eigenvalue weighted by molar-refractivity contribution is 5.82. The highest BCUT2D eigenvalue weighted by Crippen LogP contribution is 2.27.